The Balaban J connectivity index is 1.18. The van der Waals surface area contributed by atoms with E-state index in [0.717, 1.165) is 18.9 Å². The van der Waals surface area contributed by atoms with Crippen molar-refractivity contribution in [3.8, 4) is 6.07 Å². The number of hydrogen-bond donors (Lipinski definition) is 0. The lowest BCUT2D eigenvalue weighted by Gasteiger charge is -2.20. The minimum absolute atomic E-state index is 0.135. The predicted molar refractivity (Wildman–Crippen MR) is 118 cm³/mol. The number of hydrogen-bond acceptors (Lipinski definition) is 9. The van der Waals surface area contributed by atoms with E-state index in [0.29, 0.717) is 34.5 Å². The zero-order chi connectivity index (χ0) is 22.7. The minimum Gasteiger partial charge on any atom is -0.356 e. The standard InChI is InChI=1S/C23H20N8O2/c1-12-3-4-25-17(5-12)30-8-15-16(9-30)20(15)22-28-18(33-29-22)10-31-11-26-21-19(23(31)32)13(2)6-14(7-24)27-21/h3-6,11,15-16,20H,8-10H2,1-2H3. The van der Waals surface area contributed by atoms with E-state index in [4.69, 9.17) is 9.78 Å². The molecule has 4 aromatic heterocycles. The summed E-state index contributed by atoms with van der Waals surface area (Å²) in [5.41, 5.74) is 2.11. The van der Waals surface area contributed by atoms with Crippen LogP contribution < -0.4 is 10.5 Å². The van der Waals surface area contributed by atoms with Crippen molar-refractivity contribution >= 4 is 16.9 Å². The zero-order valence-corrected chi connectivity index (χ0v) is 18.1. The van der Waals surface area contributed by atoms with E-state index in [9.17, 15) is 4.79 Å². The van der Waals surface area contributed by atoms with Gasteiger partial charge in [0.2, 0.25) is 5.89 Å². The highest BCUT2D eigenvalue weighted by atomic mass is 16.5. The Morgan fingerprint density at radius 1 is 1.18 bits per heavy atom. The van der Waals surface area contributed by atoms with Crippen molar-refractivity contribution in [3.63, 3.8) is 0 Å². The van der Waals surface area contributed by atoms with Gasteiger partial charge in [0, 0.05) is 25.2 Å². The molecule has 0 bridgehead atoms. The lowest BCUT2D eigenvalue weighted by molar-refractivity contribution is 0.363. The fraction of sp³-hybridized carbons (Fsp3) is 0.348. The number of nitrogens with zero attached hydrogens (tertiary/aromatic N) is 8. The molecule has 2 atom stereocenters. The van der Waals surface area contributed by atoms with E-state index in [-0.39, 0.29) is 29.4 Å². The fourth-order valence-corrected chi connectivity index (χ4v) is 4.91. The van der Waals surface area contributed by atoms with Gasteiger partial charge >= 0.3 is 0 Å². The molecule has 2 fully saturated rings. The van der Waals surface area contributed by atoms with Crippen LogP contribution in [-0.4, -0.2) is 42.7 Å². The summed E-state index contributed by atoms with van der Waals surface area (Å²) < 4.78 is 6.89. The first-order valence-corrected chi connectivity index (χ1v) is 10.8. The van der Waals surface area contributed by atoms with Gasteiger partial charge < -0.3 is 9.42 Å². The second kappa shape index (κ2) is 7.20. The number of piperidine rings is 1. The maximum atomic E-state index is 13.0. The van der Waals surface area contributed by atoms with Gasteiger partial charge in [-0.1, -0.05) is 5.16 Å². The predicted octanol–water partition coefficient (Wildman–Crippen LogP) is 1.96. The molecule has 5 heterocycles. The Kier molecular flexibility index (Phi) is 4.26. The average Bonchev–Trinajstić information content (AvgIpc) is 3.14. The van der Waals surface area contributed by atoms with E-state index in [2.05, 4.69) is 43.0 Å². The molecule has 0 spiro atoms. The van der Waals surface area contributed by atoms with E-state index in [1.54, 1.807) is 13.0 Å². The van der Waals surface area contributed by atoms with Crippen LogP contribution in [0.3, 0.4) is 0 Å². The minimum atomic E-state index is -0.251. The quantitative estimate of drug-likeness (QED) is 0.468. The molecule has 0 amide bonds. The van der Waals surface area contributed by atoms with Crippen molar-refractivity contribution in [1.82, 2.24) is 29.7 Å². The Labute approximate surface area is 188 Å². The van der Waals surface area contributed by atoms with Gasteiger partial charge in [-0.2, -0.15) is 10.2 Å². The van der Waals surface area contributed by atoms with E-state index in [1.807, 2.05) is 18.3 Å². The molecule has 2 aliphatic rings. The molecule has 1 aliphatic carbocycles. The molecule has 0 aromatic carbocycles. The van der Waals surface area contributed by atoms with Crippen LogP contribution in [0.1, 0.15) is 34.5 Å². The summed E-state index contributed by atoms with van der Waals surface area (Å²) in [7, 11) is 0. The highest BCUT2D eigenvalue weighted by molar-refractivity contribution is 5.77. The first-order valence-electron chi connectivity index (χ1n) is 10.8. The fourth-order valence-electron chi connectivity index (χ4n) is 4.91. The molecule has 4 aromatic rings. The van der Waals surface area contributed by atoms with Crippen molar-refractivity contribution in [1.29, 1.82) is 5.26 Å². The molecular formula is C23H20N8O2. The number of aromatic nitrogens is 6. The molecule has 1 saturated carbocycles. The largest absolute Gasteiger partial charge is 0.356 e. The third-order valence-corrected chi connectivity index (χ3v) is 6.61. The number of pyridine rings is 2. The molecule has 6 rings (SSSR count). The van der Waals surface area contributed by atoms with Crippen LogP contribution in [0.5, 0.6) is 0 Å². The molecule has 164 valence electrons. The Morgan fingerprint density at radius 2 is 2.00 bits per heavy atom. The van der Waals surface area contributed by atoms with Crippen LogP contribution in [-0.2, 0) is 6.54 Å². The lowest BCUT2D eigenvalue weighted by Crippen LogP contribution is -2.24. The maximum absolute atomic E-state index is 13.0. The topological polar surface area (TPSA) is 127 Å². The number of aryl methyl sites for hydroxylation is 2. The zero-order valence-electron chi connectivity index (χ0n) is 18.1. The van der Waals surface area contributed by atoms with E-state index in [1.165, 1.54) is 16.5 Å². The summed E-state index contributed by atoms with van der Waals surface area (Å²) in [4.78, 5) is 32.7. The molecule has 1 aliphatic heterocycles. The molecule has 1 saturated heterocycles. The second-order valence-corrected chi connectivity index (χ2v) is 8.81. The average molecular weight is 440 g/mol. The van der Waals surface area contributed by atoms with Crippen molar-refractivity contribution in [2.24, 2.45) is 11.8 Å². The van der Waals surface area contributed by atoms with Gasteiger partial charge in [-0.25, -0.2) is 15.0 Å². The molecule has 10 nitrogen and oxygen atoms in total. The van der Waals surface area contributed by atoms with Gasteiger partial charge in [-0.15, -0.1) is 0 Å². The highest BCUT2D eigenvalue weighted by Gasteiger charge is 2.58. The Hall–Kier alpha value is -4.13. The summed E-state index contributed by atoms with van der Waals surface area (Å²) in [5.74, 6) is 3.36. The number of nitriles is 1. The van der Waals surface area contributed by atoms with Gasteiger partial charge in [0.25, 0.3) is 5.56 Å². The van der Waals surface area contributed by atoms with Crippen LogP contribution in [0.15, 0.2) is 40.0 Å². The lowest BCUT2D eigenvalue weighted by atomic mass is 10.2. The summed E-state index contributed by atoms with van der Waals surface area (Å²) >= 11 is 0. The van der Waals surface area contributed by atoms with E-state index >= 15 is 0 Å². The van der Waals surface area contributed by atoms with Crippen LogP contribution in [0.2, 0.25) is 0 Å². The third-order valence-electron chi connectivity index (χ3n) is 6.61. The normalized spacial score (nSPS) is 21.2. The number of anilines is 1. The summed E-state index contributed by atoms with van der Waals surface area (Å²) in [6.07, 6.45) is 3.25. The monoisotopic (exact) mass is 440 g/mol. The second-order valence-electron chi connectivity index (χ2n) is 8.81. The molecular weight excluding hydrogens is 420 g/mol. The summed E-state index contributed by atoms with van der Waals surface area (Å²) in [5, 5.41) is 13.7. The van der Waals surface area contributed by atoms with Crippen molar-refractivity contribution in [2.45, 2.75) is 26.3 Å². The smallest absolute Gasteiger partial charge is 0.263 e. The number of rotatable bonds is 4. The SMILES string of the molecule is Cc1ccnc(N2CC3C(C2)C3c2noc(Cn3cnc4nc(C#N)cc(C)c4c3=O)n2)c1. The molecule has 33 heavy (non-hydrogen) atoms. The van der Waals surface area contributed by atoms with Crippen LogP contribution in [0.4, 0.5) is 5.82 Å². The summed E-state index contributed by atoms with van der Waals surface area (Å²) in [6.45, 7) is 5.84. The Morgan fingerprint density at radius 3 is 2.76 bits per heavy atom. The molecule has 0 N–H and O–H groups in total. The van der Waals surface area contributed by atoms with E-state index < -0.39 is 0 Å². The van der Waals surface area contributed by atoms with Gasteiger partial charge in [0.05, 0.1) is 5.39 Å². The van der Waals surface area contributed by atoms with Crippen molar-refractivity contribution in [2.75, 3.05) is 18.0 Å². The highest BCUT2D eigenvalue weighted by Crippen LogP contribution is 2.57. The maximum Gasteiger partial charge on any atom is 0.263 e. The third kappa shape index (κ3) is 3.24. The van der Waals surface area contributed by atoms with Gasteiger partial charge in [0.1, 0.15) is 30.5 Å². The van der Waals surface area contributed by atoms with Gasteiger partial charge in [-0.3, -0.25) is 9.36 Å². The first-order chi connectivity index (χ1) is 16.0. The molecule has 2 unspecified atom stereocenters. The van der Waals surface area contributed by atoms with Gasteiger partial charge in [0.15, 0.2) is 11.5 Å². The first kappa shape index (κ1) is 19.5. The molecule has 10 heteroatoms. The van der Waals surface area contributed by atoms with Crippen molar-refractivity contribution in [3.05, 3.63) is 69.6 Å². The Bertz CT molecular complexity index is 1490. The van der Waals surface area contributed by atoms with Crippen molar-refractivity contribution < 1.29 is 4.52 Å². The van der Waals surface area contributed by atoms with Crippen LogP contribution >= 0.6 is 0 Å². The van der Waals surface area contributed by atoms with Gasteiger partial charge in [-0.05, 0) is 55.0 Å². The molecule has 0 radical (unpaired) electrons. The number of fused-ring (bicyclic) bond motifs is 2. The van der Waals surface area contributed by atoms with Crippen LogP contribution in [0, 0.1) is 37.0 Å². The summed E-state index contributed by atoms with van der Waals surface area (Å²) in [6, 6.07) is 7.68. The van der Waals surface area contributed by atoms with Crippen LogP contribution in [0.25, 0.3) is 11.0 Å².